The summed E-state index contributed by atoms with van der Waals surface area (Å²) >= 11 is 0. The molecule has 0 fully saturated rings. The van der Waals surface area contributed by atoms with Gasteiger partial charge in [-0.1, -0.05) is 82.4 Å². The van der Waals surface area contributed by atoms with Gasteiger partial charge >= 0.3 is 11.8 Å². The highest BCUT2D eigenvalue weighted by molar-refractivity contribution is 6.43. The van der Waals surface area contributed by atoms with Gasteiger partial charge in [0.2, 0.25) is 0 Å². The van der Waals surface area contributed by atoms with Crippen molar-refractivity contribution in [2.75, 3.05) is 17.2 Å². The van der Waals surface area contributed by atoms with E-state index < -0.39 is 11.8 Å². The molecule has 5 nitrogen and oxygen atoms in total. The quantitative estimate of drug-likeness (QED) is 0.250. The van der Waals surface area contributed by atoms with Crippen LogP contribution < -0.4 is 15.4 Å². The lowest BCUT2D eigenvalue weighted by Crippen LogP contribution is -2.29. The van der Waals surface area contributed by atoms with Crippen molar-refractivity contribution in [3.8, 4) is 5.75 Å². The first kappa shape index (κ1) is 25.4. The van der Waals surface area contributed by atoms with Gasteiger partial charge in [-0.05, 0) is 49.7 Å². The number of rotatable bonds is 14. The molecular weight excluding hydrogens is 400 g/mol. The molecule has 2 aromatic carbocycles. The minimum absolute atomic E-state index is 0.556. The first-order valence-electron chi connectivity index (χ1n) is 12.0. The van der Waals surface area contributed by atoms with Gasteiger partial charge in [0.15, 0.2) is 0 Å². The number of hydrogen-bond acceptors (Lipinski definition) is 3. The number of unbranched alkanes of at least 4 members (excludes halogenated alkanes) is 9. The Labute approximate surface area is 192 Å². The Balaban J connectivity index is 1.58. The van der Waals surface area contributed by atoms with Crippen LogP contribution in [0.2, 0.25) is 0 Å². The number of nitrogens with one attached hydrogen (secondary N) is 2. The lowest BCUT2D eigenvalue weighted by molar-refractivity contribution is -0.132. The molecule has 0 radical (unpaired) electrons. The van der Waals surface area contributed by atoms with Gasteiger partial charge in [-0.3, -0.25) is 9.59 Å². The van der Waals surface area contributed by atoms with Gasteiger partial charge in [0.1, 0.15) is 5.75 Å². The molecule has 0 unspecified atom stereocenters. The summed E-state index contributed by atoms with van der Waals surface area (Å²) < 4.78 is 5.78. The lowest BCUT2D eigenvalue weighted by Gasteiger charge is -2.09. The van der Waals surface area contributed by atoms with E-state index in [1.54, 1.807) is 24.3 Å². The number of carbonyl (C=O) groups excluding carboxylic acids is 2. The van der Waals surface area contributed by atoms with Crippen LogP contribution in [0.25, 0.3) is 0 Å². The van der Waals surface area contributed by atoms with Gasteiger partial charge in [-0.2, -0.15) is 0 Å². The van der Waals surface area contributed by atoms with Crippen LogP contribution in [0, 0.1) is 6.92 Å². The predicted molar refractivity (Wildman–Crippen MR) is 132 cm³/mol. The van der Waals surface area contributed by atoms with Crippen molar-refractivity contribution in [2.24, 2.45) is 0 Å². The van der Waals surface area contributed by atoms with Crippen molar-refractivity contribution in [1.82, 2.24) is 0 Å². The van der Waals surface area contributed by atoms with Gasteiger partial charge in [0, 0.05) is 11.4 Å². The zero-order valence-electron chi connectivity index (χ0n) is 19.6. The normalized spacial score (nSPS) is 10.6. The van der Waals surface area contributed by atoms with Crippen LogP contribution in [0.4, 0.5) is 11.4 Å². The maximum atomic E-state index is 12.1. The van der Waals surface area contributed by atoms with Crippen LogP contribution in [0.5, 0.6) is 5.75 Å². The number of aryl methyl sites for hydroxylation is 1. The number of ether oxygens (including phenoxy) is 1. The van der Waals surface area contributed by atoms with Crippen LogP contribution in [-0.2, 0) is 9.59 Å². The van der Waals surface area contributed by atoms with E-state index >= 15 is 0 Å². The molecule has 0 saturated heterocycles. The molecule has 0 aliphatic rings. The van der Waals surface area contributed by atoms with Gasteiger partial charge in [-0.15, -0.1) is 0 Å². The molecular formula is C27H38N2O3. The highest BCUT2D eigenvalue weighted by Gasteiger charge is 2.14. The molecule has 2 N–H and O–H groups in total. The molecule has 174 valence electrons. The summed E-state index contributed by atoms with van der Waals surface area (Å²) in [5, 5.41) is 5.19. The Bertz CT molecular complexity index is 801. The molecule has 2 amide bonds. The molecule has 0 saturated carbocycles. The Morgan fingerprint density at radius 2 is 1.09 bits per heavy atom. The van der Waals surface area contributed by atoms with E-state index in [9.17, 15) is 9.59 Å². The number of anilines is 2. The maximum Gasteiger partial charge on any atom is 0.314 e. The second-order valence-corrected chi connectivity index (χ2v) is 8.33. The summed E-state index contributed by atoms with van der Waals surface area (Å²) in [5.41, 5.74) is 2.23. The monoisotopic (exact) mass is 438 g/mol. The van der Waals surface area contributed by atoms with E-state index in [2.05, 4.69) is 17.6 Å². The van der Waals surface area contributed by atoms with Gasteiger partial charge in [-0.25, -0.2) is 0 Å². The standard InChI is InChI=1S/C27H38N2O3/c1-3-4-5-6-7-8-9-10-11-12-21-32-25-19-17-24(18-20-25)29-27(31)26(30)28-23-15-13-22(2)14-16-23/h13-20H,3-12,21H2,1-2H3,(H,28,30)(H,29,31). The fourth-order valence-electron chi connectivity index (χ4n) is 3.43. The average molecular weight is 439 g/mol. The topological polar surface area (TPSA) is 67.4 Å². The minimum atomic E-state index is -0.704. The number of benzene rings is 2. The maximum absolute atomic E-state index is 12.1. The van der Waals surface area contributed by atoms with Crippen LogP contribution in [0.3, 0.4) is 0 Å². The molecule has 0 atom stereocenters. The third kappa shape index (κ3) is 10.5. The van der Waals surface area contributed by atoms with E-state index in [1.807, 2.05) is 31.2 Å². The summed E-state index contributed by atoms with van der Waals surface area (Å²) in [6, 6.07) is 14.4. The van der Waals surface area contributed by atoms with Gasteiger partial charge in [0.05, 0.1) is 6.61 Å². The Morgan fingerprint density at radius 3 is 1.59 bits per heavy atom. The van der Waals surface area contributed by atoms with Crippen molar-refractivity contribution in [3.63, 3.8) is 0 Å². The molecule has 2 aromatic rings. The summed E-state index contributed by atoms with van der Waals surface area (Å²) in [7, 11) is 0. The SMILES string of the molecule is CCCCCCCCCCCCOc1ccc(NC(=O)C(=O)Nc2ccc(C)cc2)cc1. The number of carbonyl (C=O) groups is 2. The molecule has 2 rings (SSSR count). The first-order chi connectivity index (χ1) is 15.6. The molecule has 0 aliphatic heterocycles. The van der Waals surface area contributed by atoms with E-state index in [0.717, 1.165) is 17.7 Å². The largest absolute Gasteiger partial charge is 0.494 e. The molecule has 0 heterocycles. The Morgan fingerprint density at radius 1 is 0.656 bits per heavy atom. The second-order valence-electron chi connectivity index (χ2n) is 8.33. The fourth-order valence-corrected chi connectivity index (χ4v) is 3.43. The van der Waals surface area contributed by atoms with E-state index in [-0.39, 0.29) is 0 Å². The molecule has 0 bridgehead atoms. The van der Waals surface area contributed by atoms with E-state index in [1.165, 1.54) is 57.8 Å². The summed E-state index contributed by atoms with van der Waals surface area (Å²) in [6.45, 7) is 4.91. The Hall–Kier alpha value is -2.82. The molecule has 0 aromatic heterocycles. The third-order valence-corrected chi connectivity index (χ3v) is 5.39. The van der Waals surface area contributed by atoms with Crippen LogP contribution in [0.15, 0.2) is 48.5 Å². The average Bonchev–Trinajstić information content (AvgIpc) is 2.80. The number of hydrogen-bond donors (Lipinski definition) is 2. The van der Waals surface area contributed by atoms with Crippen molar-refractivity contribution in [2.45, 2.75) is 78.1 Å². The predicted octanol–water partition coefficient (Wildman–Crippen LogP) is 6.87. The van der Waals surface area contributed by atoms with Crippen LogP contribution in [-0.4, -0.2) is 18.4 Å². The summed E-state index contributed by atoms with van der Waals surface area (Å²) in [6.07, 6.45) is 13.0. The zero-order valence-corrected chi connectivity index (χ0v) is 19.6. The van der Waals surface area contributed by atoms with Gasteiger partial charge in [0.25, 0.3) is 0 Å². The third-order valence-electron chi connectivity index (χ3n) is 5.39. The number of amides is 2. The van der Waals surface area contributed by atoms with Crippen LogP contribution >= 0.6 is 0 Å². The zero-order chi connectivity index (χ0) is 23.0. The fraction of sp³-hybridized carbons (Fsp3) is 0.481. The highest BCUT2D eigenvalue weighted by Crippen LogP contribution is 2.17. The van der Waals surface area contributed by atoms with Crippen molar-refractivity contribution in [1.29, 1.82) is 0 Å². The van der Waals surface area contributed by atoms with Crippen LogP contribution in [0.1, 0.15) is 76.7 Å². The summed E-state index contributed by atoms with van der Waals surface area (Å²) in [5.74, 6) is -0.636. The van der Waals surface area contributed by atoms with Crippen molar-refractivity contribution >= 4 is 23.2 Å². The first-order valence-corrected chi connectivity index (χ1v) is 12.0. The Kier molecular flexibility index (Phi) is 12.0. The van der Waals surface area contributed by atoms with Crippen molar-refractivity contribution in [3.05, 3.63) is 54.1 Å². The van der Waals surface area contributed by atoms with E-state index in [4.69, 9.17) is 4.74 Å². The lowest BCUT2D eigenvalue weighted by atomic mass is 10.1. The smallest absolute Gasteiger partial charge is 0.314 e. The van der Waals surface area contributed by atoms with Gasteiger partial charge < -0.3 is 15.4 Å². The highest BCUT2D eigenvalue weighted by atomic mass is 16.5. The molecule has 0 spiro atoms. The van der Waals surface area contributed by atoms with Crippen molar-refractivity contribution < 1.29 is 14.3 Å². The molecule has 0 aliphatic carbocycles. The minimum Gasteiger partial charge on any atom is -0.494 e. The second kappa shape index (κ2) is 15.1. The molecule has 5 heteroatoms. The molecule has 32 heavy (non-hydrogen) atoms. The van der Waals surface area contributed by atoms with E-state index in [0.29, 0.717) is 18.0 Å². The summed E-state index contributed by atoms with van der Waals surface area (Å²) in [4.78, 5) is 24.1.